The smallest absolute Gasteiger partial charge is 0.146 e. The fourth-order valence-corrected chi connectivity index (χ4v) is 3.99. The number of halogens is 1. The summed E-state index contributed by atoms with van der Waals surface area (Å²) >= 11 is 7.78. The van der Waals surface area contributed by atoms with Gasteiger partial charge in [-0.3, -0.25) is 0 Å². The monoisotopic (exact) mass is 302 g/mol. The van der Waals surface area contributed by atoms with Gasteiger partial charge >= 0.3 is 0 Å². The van der Waals surface area contributed by atoms with Crippen LogP contribution in [0, 0.1) is 0 Å². The van der Waals surface area contributed by atoms with Gasteiger partial charge in [-0.25, -0.2) is 0 Å². The van der Waals surface area contributed by atoms with E-state index in [1.807, 2.05) is 18.2 Å². The fourth-order valence-electron chi connectivity index (χ4n) is 2.55. The van der Waals surface area contributed by atoms with Crippen LogP contribution in [0.4, 0.5) is 0 Å². The Kier molecular flexibility index (Phi) is 2.65. The lowest BCUT2D eigenvalue weighted by Crippen LogP contribution is -2.03. The highest BCUT2D eigenvalue weighted by Gasteiger charge is 2.22. The molecule has 1 aromatic heterocycles. The standard InChI is InChI=1S/C16H11ClO2S/c1-18-11-3-5-13-14(7-11)20-16-12-4-2-10(17)6-9(12)8-19-15(13)16/h2-7H,8H2,1H3. The van der Waals surface area contributed by atoms with Gasteiger partial charge in [0.25, 0.3) is 0 Å². The molecule has 0 amide bonds. The molecule has 0 atom stereocenters. The summed E-state index contributed by atoms with van der Waals surface area (Å²) in [5.41, 5.74) is 2.36. The molecule has 1 aliphatic heterocycles. The molecular formula is C16H11ClO2S. The van der Waals surface area contributed by atoms with Crippen LogP contribution in [0.5, 0.6) is 11.5 Å². The fraction of sp³-hybridized carbons (Fsp3) is 0.125. The summed E-state index contributed by atoms with van der Waals surface area (Å²) < 4.78 is 12.4. The van der Waals surface area contributed by atoms with Crippen molar-refractivity contribution in [3.63, 3.8) is 0 Å². The van der Waals surface area contributed by atoms with Gasteiger partial charge in [0, 0.05) is 20.7 Å². The van der Waals surface area contributed by atoms with Crippen molar-refractivity contribution in [2.24, 2.45) is 0 Å². The van der Waals surface area contributed by atoms with E-state index in [-0.39, 0.29) is 0 Å². The van der Waals surface area contributed by atoms with E-state index in [1.54, 1.807) is 18.4 Å². The van der Waals surface area contributed by atoms with E-state index in [0.717, 1.165) is 27.5 Å². The van der Waals surface area contributed by atoms with Crippen molar-refractivity contribution in [1.29, 1.82) is 0 Å². The molecule has 100 valence electrons. The molecule has 2 heterocycles. The molecule has 0 spiro atoms. The molecule has 0 bridgehead atoms. The molecule has 3 aromatic rings. The highest BCUT2D eigenvalue weighted by Crippen LogP contribution is 2.49. The number of fused-ring (bicyclic) bond motifs is 5. The van der Waals surface area contributed by atoms with E-state index in [2.05, 4.69) is 18.2 Å². The van der Waals surface area contributed by atoms with E-state index in [4.69, 9.17) is 21.1 Å². The molecule has 0 saturated carbocycles. The van der Waals surface area contributed by atoms with Crippen LogP contribution in [0.15, 0.2) is 36.4 Å². The van der Waals surface area contributed by atoms with Crippen molar-refractivity contribution in [2.45, 2.75) is 6.61 Å². The van der Waals surface area contributed by atoms with Gasteiger partial charge < -0.3 is 9.47 Å². The topological polar surface area (TPSA) is 18.5 Å². The highest BCUT2D eigenvalue weighted by atomic mass is 35.5. The predicted molar refractivity (Wildman–Crippen MR) is 83.2 cm³/mol. The molecule has 1 aliphatic rings. The maximum atomic E-state index is 6.05. The van der Waals surface area contributed by atoms with Crippen LogP contribution in [-0.2, 0) is 6.61 Å². The number of hydrogen-bond donors (Lipinski definition) is 0. The minimum absolute atomic E-state index is 0.570. The van der Waals surface area contributed by atoms with Crippen molar-refractivity contribution < 1.29 is 9.47 Å². The Hall–Kier alpha value is -1.71. The van der Waals surface area contributed by atoms with Crippen molar-refractivity contribution in [1.82, 2.24) is 0 Å². The van der Waals surface area contributed by atoms with Gasteiger partial charge in [-0.1, -0.05) is 17.7 Å². The quantitative estimate of drug-likeness (QED) is 0.621. The average Bonchev–Trinajstić information content (AvgIpc) is 2.84. The number of benzene rings is 2. The van der Waals surface area contributed by atoms with E-state index in [0.29, 0.717) is 6.61 Å². The van der Waals surface area contributed by atoms with E-state index >= 15 is 0 Å². The normalized spacial score (nSPS) is 12.7. The lowest BCUT2D eigenvalue weighted by atomic mass is 10.0. The van der Waals surface area contributed by atoms with Gasteiger partial charge in [-0.15, -0.1) is 11.3 Å². The zero-order valence-electron chi connectivity index (χ0n) is 10.8. The van der Waals surface area contributed by atoms with Crippen LogP contribution < -0.4 is 9.47 Å². The Morgan fingerprint density at radius 3 is 2.95 bits per heavy atom. The summed E-state index contributed by atoms with van der Waals surface area (Å²) in [6.45, 7) is 0.570. The van der Waals surface area contributed by atoms with Crippen molar-refractivity contribution in [2.75, 3.05) is 7.11 Å². The van der Waals surface area contributed by atoms with Crippen LogP contribution in [0.2, 0.25) is 5.02 Å². The summed E-state index contributed by atoms with van der Waals surface area (Å²) in [6.07, 6.45) is 0. The lowest BCUT2D eigenvalue weighted by molar-refractivity contribution is 0.307. The van der Waals surface area contributed by atoms with E-state index in [9.17, 15) is 0 Å². The maximum Gasteiger partial charge on any atom is 0.146 e. The zero-order valence-corrected chi connectivity index (χ0v) is 12.3. The van der Waals surface area contributed by atoms with Gasteiger partial charge in [-0.05, 0) is 35.9 Å². The Morgan fingerprint density at radius 1 is 1.20 bits per heavy atom. The molecule has 0 radical (unpaired) electrons. The van der Waals surface area contributed by atoms with E-state index < -0.39 is 0 Å². The summed E-state index contributed by atoms with van der Waals surface area (Å²) in [5, 5.41) is 1.89. The molecule has 0 unspecified atom stereocenters. The van der Waals surface area contributed by atoms with Crippen molar-refractivity contribution in [3.05, 3.63) is 47.0 Å². The minimum atomic E-state index is 0.570. The molecular weight excluding hydrogens is 292 g/mol. The molecule has 0 saturated heterocycles. The molecule has 2 nitrogen and oxygen atoms in total. The van der Waals surface area contributed by atoms with Gasteiger partial charge in [0.15, 0.2) is 0 Å². The third-order valence-electron chi connectivity index (χ3n) is 3.54. The summed E-state index contributed by atoms with van der Waals surface area (Å²) in [4.78, 5) is 1.17. The summed E-state index contributed by atoms with van der Waals surface area (Å²) in [7, 11) is 1.68. The second kappa shape index (κ2) is 4.40. The Bertz CT molecular complexity index is 823. The molecule has 20 heavy (non-hydrogen) atoms. The molecule has 0 aliphatic carbocycles. The first kappa shape index (κ1) is 12.1. The first-order chi connectivity index (χ1) is 9.76. The molecule has 4 heteroatoms. The van der Waals surface area contributed by atoms with Crippen LogP contribution >= 0.6 is 22.9 Å². The summed E-state index contributed by atoms with van der Waals surface area (Å²) in [6, 6.07) is 12.1. The minimum Gasteiger partial charge on any atom is -0.497 e. The number of ether oxygens (including phenoxy) is 2. The Labute approximate surface area is 125 Å². The SMILES string of the molecule is COc1ccc2c3c(sc2c1)-c1ccc(Cl)cc1CO3. The zero-order chi connectivity index (χ0) is 13.7. The lowest BCUT2D eigenvalue weighted by Gasteiger charge is -2.17. The Morgan fingerprint density at radius 2 is 2.10 bits per heavy atom. The number of methoxy groups -OCH3 is 1. The number of hydrogen-bond acceptors (Lipinski definition) is 3. The first-order valence-electron chi connectivity index (χ1n) is 6.28. The molecule has 0 N–H and O–H groups in total. The third-order valence-corrected chi connectivity index (χ3v) is 4.94. The molecule has 4 rings (SSSR count). The number of rotatable bonds is 1. The molecule has 0 fully saturated rings. The second-order valence-electron chi connectivity index (χ2n) is 4.71. The second-order valence-corrected chi connectivity index (χ2v) is 6.20. The van der Waals surface area contributed by atoms with Crippen LogP contribution in [0.1, 0.15) is 5.56 Å². The van der Waals surface area contributed by atoms with Gasteiger partial charge in [-0.2, -0.15) is 0 Å². The van der Waals surface area contributed by atoms with Gasteiger partial charge in [0.05, 0.1) is 12.0 Å². The maximum absolute atomic E-state index is 6.05. The van der Waals surface area contributed by atoms with Crippen molar-refractivity contribution in [3.8, 4) is 21.9 Å². The largest absolute Gasteiger partial charge is 0.497 e. The van der Waals surface area contributed by atoms with Crippen LogP contribution in [0.3, 0.4) is 0 Å². The Balaban J connectivity index is 1.99. The van der Waals surface area contributed by atoms with Gasteiger partial charge in [0.2, 0.25) is 0 Å². The van der Waals surface area contributed by atoms with Gasteiger partial charge in [0.1, 0.15) is 18.1 Å². The van der Waals surface area contributed by atoms with Crippen molar-refractivity contribution >= 4 is 33.0 Å². The third kappa shape index (κ3) is 1.70. The van der Waals surface area contributed by atoms with Crippen LogP contribution in [-0.4, -0.2) is 7.11 Å². The average molecular weight is 303 g/mol. The predicted octanol–water partition coefficient (Wildman–Crippen LogP) is 5.12. The van der Waals surface area contributed by atoms with E-state index in [1.165, 1.54) is 15.1 Å². The summed E-state index contributed by atoms with van der Waals surface area (Å²) in [5.74, 6) is 1.84. The highest BCUT2D eigenvalue weighted by molar-refractivity contribution is 7.22. The first-order valence-corrected chi connectivity index (χ1v) is 7.48. The number of thiophene rings is 1. The van der Waals surface area contributed by atoms with Crippen LogP contribution in [0.25, 0.3) is 20.5 Å². The molecule has 2 aromatic carbocycles.